The van der Waals surface area contributed by atoms with Crippen molar-refractivity contribution in [3.8, 4) is 0 Å². The number of rotatable bonds is 6. The second-order valence-electron chi connectivity index (χ2n) is 7.46. The van der Waals surface area contributed by atoms with Crippen molar-refractivity contribution in [1.82, 2.24) is 5.32 Å². The number of methoxy groups -OCH3 is 1. The highest BCUT2D eigenvalue weighted by molar-refractivity contribution is 7.81. The molecule has 3 fully saturated rings. The van der Waals surface area contributed by atoms with Crippen LogP contribution in [0.3, 0.4) is 0 Å². The second kappa shape index (κ2) is 7.58. The molecular weight excluding hydrogens is 314 g/mol. The predicted molar refractivity (Wildman–Crippen MR) is 91.7 cm³/mol. The Labute approximate surface area is 145 Å². The predicted octanol–water partition coefficient (Wildman–Crippen LogP) is 2.35. The molecule has 1 spiro atoms. The topological polar surface area (TPSA) is 49.0 Å². The summed E-state index contributed by atoms with van der Waals surface area (Å²) in [6, 6.07) is 0. The lowest BCUT2D eigenvalue weighted by Crippen LogP contribution is -2.45. The van der Waals surface area contributed by atoms with Crippen LogP contribution in [0.1, 0.15) is 46.0 Å². The molecule has 0 aromatic heterocycles. The smallest absolute Gasteiger partial charge is 0.190 e. The van der Waals surface area contributed by atoms with Gasteiger partial charge in [0.1, 0.15) is 18.3 Å². The third-order valence-electron chi connectivity index (χ3n) is 5.06. The van der Waals surface area contributed by atoms with Crippen LogP contribution in [0.25, 0.3) is 0 Å². The van der Waals surface area contributed by atoms with Crippen molar-refractivity contribution in [3.63, 3.8) is 0 Å². The maximum absolute atomic E-state index is 6.31. The van der Waals surface area contributed by atoms with E-state index in [9.17, 15) is 0 Å². The molecule has 0 bridgehead atoms. The van der Waals surface area contributed by atoms with Crippen molar-refractivity contribution >= 4 is 12.6 Å². The maximum Gasteiger partial charge on any atom is 0.190 e. The van der Waals surface area contributed by atoms with Gasteiger partial charge in [0, 0.05) is 31.7 Å². The van der Waals surface area contributed by atoms with Gasteiger partial charge in [0.25, 0.3) is 0 Å². The SMILES string of the molecule is CO[C@@H]1[C@H]2OC3(CCCCC3)O[C@H]2O[C@@H]1C(S)CNCC(C)C. The fraction of sp³-hybridized carbons (Fsp3) is 1.00. The summed E-state index contributed by atoms with van der Waals surface area (Å²) in [7, 11) is 1.72. The number of nitrogens with one attached hydrogen (secondary N) is 1. The molecule has 2 aliphatic heterocycles. The normalized spacial score (nSPS) is 37.4. The Bertz CT molecular complexity index is 389. The number of ether oxygens (including phenoxy) is 4. The molecule has 1 unspecified atom stereocenters. The summed E-state index contributed by atoms with van der Waals surface area (Å²) in [5.74, 6) is 0.188. The number of hydrogen-bond donors (Lipinski definition) is 2. The van der Waals surface area contributed by atoms with Gasteiger partial charge in [0.05, 0.1) is 0 Å². The van der Waals surface area contributed by atoms with Crippen LogP contribution in [0.5, 0.6) is 0 Å². The van der Waals surface area contributed by atoms with Crippen molar-refractivity contribution in [2.45, 2.75) is 81.6 Å². The molecule has 0 aromatic rings. The minimum Gasteiger partial charge on any atom is -0.376 e. The molecular formula is C17H31NO4S. The van der Waals surface area contributed by atoms with Crippen molar-refractivity contribution < 1.29 is 18.9 Å². The summed E-state index contributed by atoms with van der Waals surface area (Å²) in [6.45, 7) is 6.15. The maximum atomic E-state index is 6.31. The van der Waals surface area contributed by atoms with E-state index in [0.29, 0.717) is 5.92 Å². The van der Waals surface area contributed by atoms with Crippen molar-refractivity contribution in [1.29, 1.82) is 0 Å². The third-order valence-corrected chi connectivity index (χ3v) is 5.54. The molecule has 6 heteroatoms. The first-order valence-electron chi connectivity index (χ1n) is 8.97. The first-order chi connectivity index (χ1) is 11.0. The minimum absolute atomic E-state index is 0.0544. The fourth-order valence-electron chi connectivity index (χ4n) is 3.90. The van der Waals surface area contributed by atoms with E-state index in [4.69, 9.17) is 31.6 Å². The van der Waals surface area contributed by atoms with Gasteiger partial charge in [0.2, 0.25) is 0 Å². The lowest BCUT2D eigenvalue weighted by atomic mass is 9.94. The van der Waals surface area contributed by atoms with E-state index in [1.165, 1.54) is 6.42 Å². The van der Waals surface area contributed by atoms with Crippen LogP contribution < -0.4 is 5.32 Å². The van der Waals surface area contributed by atoms with Crippen molar-refractivity contribution in [2.24, 2.45) is 5.92 Å². The zero-order valence-corrected chi connectivity index (χ0v) is 15.4. The van der Waals surface area contributed by atoms with E-state index in [2.05, 4.69) is 19.2 Å². The van der Waals surface area contributed by atoms with Gasteiger partial charge in [-0.15, -0.1) is 0 Å². The Morgan fingerprint density at radius 2 is 1.91 bits per heavy atom. The molecule has 5 atom stereocenters. The molecule has 1 N–H and O–H groups in total. The average Bonchev–Trinajstić information content (AvgIpc) is 3.01. The first-order valence-corrected chi connectivity index (χ1v) is 9.49. The van der Waals surface area contributed by atoms with Crippen LogP contribution in [0.2, 0.25) is 0 Å². The number of fused-ring (bicyclic) bond motifs is 1. The van der Waals surface area contributed by atoms with Crippen LogP contribution >= 0.6 is 12.6 Å². The van der Waals surface area contributed by atoms with Crippen LogP contribution in [0.15, 0.2) is 0 Å². The molecule has 0 amide bonds. The van der Waals surface area contributed by atoms with Gasteiger partial charge < -0.3 is 24.3 Å². The molecule has 1 saturated carbocycles. The third kappa shape index (κ3) is 3.88. The molecule has 2 saturated heterocycles. The number of thiol groups is 1. The van der Waals surface area contributed by atoms with Crippen LogP contribution in [0, 0.1) is 5.92 Å². The Hall–Kier alpha value is 0.150. The standard InChI is InChI=1S/C17H31NO4S/c1-11(2)9-18-10-12(23)13-14(19-3)15-16(20-13)22-17(21-15)7-5-4-6-8-17/h11-16,18,23H,4-10H2,1-3H3/t12?,13-,14+,15-,16-/m1/s1. The Kier molecular flexibility index (Phi) is 5.92. The van der Waals surface area contributed by atoms with Crippen LogP contribution in [-0.4, -0.2) is 55.8 Å². The van der Waals surface area contributed by atoms with Crippen LogP contribution in [-0.2, 0) is 18.9 Å². The van der Waals surface area contributed by atoms with E-state index in [1.807, 2.05) is 0 Å². The Balaban J connectivity index is 1.57. The molecule has 134 valence electrons. The summed E-state index contributed by atoms with van der Waals surface area (Å²) in [5.41, 5.74) is 0. The fourth-order valence-corrected chi connectivity index (χ4v) is 4.27. The van der Waals surface area contributed by atoms with E-state index >= 15 is 0 Å². The summed E-state index contributed by atoms with van der Waals surface area (Å²) >= 11 is 4.73. The first kappa shape index (κ1) is 18.0. The monoisotopic (exact) mass is 345 g/mol. The van der Waals surface area contributed by atoms with Crippen molar-refractivity contribution in [2.75, 3.05) is 20.2 Å². The largest absolute Gasteiger partial charge is 0.376 e. The van der Waals surface area contributed by atoms with E-state index in [-0.39, 0.29) is 29.9 Å². The Morgan fingerprint density at radius 1 is 1.17 bits per heavy atom. The zero-order valence-electron chi connectivity index (χ0n) is 14.5. The van der Waals surface area contributed by atoms with Gasteiger partial charge in [-0.2, -0.15) is 12.6 Å². The zero-order chi connectivity index (χ0) is 16.4. The summed E-state index contributed by atoms with van der Waals surface area (Å²) < 4.78 is 24.4. The summed E-state index contributed by atoms with van der Waals surface area (Å²) in [4.78, 5) is 0. The molecule has 1 aliphatic carbocycles. The summed E-state index contributed by atoms with van der Waals surface area (Å²) in [6.07, 6.45) is 4.83. The lowest BCUT2D eigenvalue weighted by Gasteiger charge is -2.34. The van der Waals surface area contributed by atoms with Gasteiger partial charge in [-0.25, -0.2) is 0 Å². The lowest BCUT2D eigenvalue weighted by molar-refractivity contribution is -0.246. The van der Waals surface area contributed by atoms with Crippen LogP contribution in [0.4, 0.5) is 0 Å². The van der Waals surface area contributed by atoms with Gasteiger partial charge in [0.15, 0.2) is 12.1 Å². The Morgan fingerprint density at radius 3 is 2.57 bits per heavy atom. The highest BCUT2D eigenvalue weighted by Crippen LogP contribution is 2.46. The number of hydrogen-bond acceptors (Lipinski definition) is 6. The molecule has 3 rings (SSSR count). The summed E-state index contributed by atoms with van der Waals surface area (Å²) in [5, 5.41) is 3.49. The minimum atomic E-state index is -0.433. The van der Waals surface area contributed by atoms with Gasteiger partial charge >= 0.3 is 0 Å². The highest BCUT2D eigenvalue weighted by atomic mass is 32.1. The highest BCUT2D eigenvalue weighted by Gasteiger charge is 2.59. The van der Waals surface area contributed by atoms with Gasteiger partial charge in [-0.1, -0.05) is 20.3 Å². The van der Waals surface area contributed by atoms with E-state index in [1.54, 1.807) is 7.11 Å². The molecule has 0 aromatic carbocycles. The second-order valence-corrected chi connectivity index (χ2v) is 8.12. The van der Waals surface area contributed by atoms with Gasteiger partial charge in [-0.05, 0) is 25.3 Å². The van der Waals surface area contributed by atoms with E-state index < -0.39 is 5.79 Å². The molecule has 5 nitrogen and oxygen atoms in total. The molecule has 0 radical (unpaired) electrons. The molecule has 2 heterocycles. The van der Waals surface area contributed by atoms with E-state index in [0.717, 1.165) is 38.8 Å². The molecule has 3 aliphatic rings. The van der Waals surface area contributed by atoms with Gasteiger partial charge in [-0.3, -0.25) is 0 Å². The van der Waals surface area contributed by atoms with Crippen molar-refractivity contribution in [3.05, 3.63) is 0 Å². The quantitative estimate of drug-likeness (QED) is 0.724. The average molecular weight is 346 g/mol. The molecule has 23 heavy (non-hydrogen) atoms.